The molecule has 0 aliphatic heterocycles. The number of carboxylic acids is 1. The number of carbonyl (C=O) groups is 1. The smallest absolute Gasteiger partial charge is 0.435 e. The zero-order valence-corrected chi connectivity index (χ0v) is 17.6. The van der Waals surface area contributed by atoms with Gasteiger partial charge < -0.3 is 9.84 Å². The number of rotatable bonds is 5. The predicted octanol–water partition coefficient (Wildman–Crippen LogP) is 4.94. The molecule has 2 aromatic heterocycles. The molecule has 0 radical (unpaired) electrons. The van der Waals surface area contributed by atoms with Gasteiger partial charge in [-0.15, -0.1) is 5.10 Å². The monoisotopic (exact) mass is 492 g/mol. The Morgan fingerprint density at radius 3 is 2.03 bits per heavy atom. The molecule has 0 atom stereocenters. The van der Waals surface area contributed by atoms with E-state index in [4.69, 9.17) is 4.74 Å². The van der Waals surface area contributed by atoms with Crippen LogP contribution in [0.4, 0.5) is 30.7 Å². The lowest BCUT2D eigenvalue weighted by molar-refractivity contribution is -0.348. The Balaban J connectivity index is 2.09. The summed E-state index contributed by atoms with van der Waals surface area (Å²) >= 11 is 0. The fourth-order valence-electron chi connectivity index (χ4n) is 3.42. The number of pyridine rings is 1. The molecular weight excluding hydrogens is 477 g/mol. The summed E-state index contributed by atoms with van der Waals surface area (Å²) in [5, 5.41) is 16.9. The zero-order chi connectivity index (χ0) is 25.6. The molecule has 7 nitrogen and oxygen atoms in total. The van der Waals surface area contributed by atoms with E-state index in [0.717, 1.165) is 4.68 Å². The van der Waals surface area contributed by atoms with Crippen molar-refractivity contribution in [1.29, 1.82) is 0 Å². The maximum Gasteiger partial charge on any atom is 0.435 e. The quantitative estimate of drug-likeness (QED) is 0.508. The van der Waals surface area contributed by atoms with Crippen molar-refractivity contribution < 1.29 is 45.4 Å². The molecule has 0 unspecified atom stereocenters. The molecule has 1 N–H and O–H groups in total. The number of methoxy groups -OCH3 is 1. The first-order chi connectivity index (χ1) is 15.6. The largest absolute Gasteiger partial charge is 0.480 e. The summed E-state index contributed by atoms with van der Waals surface area (Å²) in [6.45, 7) is 2.38. The number of ether oxygens (including phenoxy) is 1. The van der Waals surface area contributed by atoms with Crippen molar-refractivity contribution >= 4 is 5.97 Å². The van der Waals surface area contributed by atoms with Crippen LogP contribution in [0, 0.1) is 13.8 Å². The van der Waals surface area contributed by atoms with E-state index in [1.165, 1.54) is 39.4 Å². The summed E-state index contributed by atoms with van der Waals surface area (Å²) < 4.78 is 99.2. The van der Waals surface area contributed by atoms with Gasteiger partial charge in [-0.05, 0) is 31.0 Å². The molecule has 3 rings (SSSR count). The predicted molar refractivity (Wildman–Crippen MR) is 102 cm³/mol. The van der Waals surface area contributed by atoms with Crippen LogP contribution >= 0.6 is 0 Å². The van der Waals surface area contributed by atoms with Crippen LogP contribution in [-0.2, 0) is 5.67 Å². The van der Waals surface area contributed by atoms with Gasteiger partial charge in [-0.2, -0.15) is 26.3 Å². The first-order valence-corrected chi connectivity index (χ1v) is 9.26. The summed E-state index contributed by atoms with van der Waals surface area (Å²) in [4.78, 5) is 15.2. The number of nitrogens with zero attached hydrogens (tertiary/aromatic N) is 4. The second kappa shape index (κ2) is 8.25. The number of hydrogen-bond acceptors (Lipinski definition) is 5. The third kappa shape index (κ3) is 4.03. The van der Waals surface area contributed by atoms with E-state index < -0.39 is 29.6 Å². The lowest BCUT2D eigenvalue weighted by atomic mass is 9.90. The van der Waals surface area contributed by atoms with Gasteiger partial charge in [0.25, 0.3) is 0 Å². The molecular formula is C20H15F7N4O3. The van der Waals surface area contributed by atoms with Crippen LogP contribution in [0.3, 0.4) is 0 Å². The molecule has 3 aromatic rings. The molecule has 34 heavy (non-hydrogen) atoms. The molecule has 0 aliphatic rings. The number of carboxylic acid groups (broad SMARTS) is 1. The van der Waals surface area contributed by atoms with Crippen LogP contribution in [0.2, 0.25) is 0 Å². The van der Waals surface area contributed by atoms with E-state index in [0.29, 0.717) is 12.1 Å². The minimum atomic E-state index is -6.24. The molecule has 0 amide bonds. The number of aryl methyl sites for hydroxylation is 2. The van der Waals surface area contributed by atoms with Gasteiger partial charge >= 0.3 is 24.0 Å². The number of benzene rings is 1. The highest BCUT2D eigenvalue weighted by atomic mass is 19.4. The number of alkyl halides is 7. The molecule has 0 spiro atoms. The van der Waals surface area contributed by atoms with Crippen LogP contribution in [-0.4, -0.2) is 50.5 Å². The van der Waals surface area contributed by atoms with Crippen molar-refractivity contribution in [1.82, 2.24) is 20.0 Å². The first kappa shape index (κ1) is 24.9. The third-order valence-electron chi connectivity index (χ3n) is 4.96. The Bertz CT molecular complexity index is 1210. The lowest BCUT2D eigenvalue weighted by Crippen LogP contribution is -2.50. The molecule has 1 aromatic carbocycles. The van der Waals surface area contributed by atoms with Crippen molar-refractivity contribution in [2.45, 2.75) is 31.9 Å². The maximum atomic E-state index is 14.5. The average Bonchev–Trinajstić information content (AvgIpc) is 3.20. The van der Waals surface area contributed by atoms with Crippen LogP contribution in [0.25, 0.3) is 16.9 Å². The van der Waals surface area contributed by atoms with Crippen LogP contribution < -0.4 is 4.74 Å². The second-order valence-electron chi connectivity index (χ2n) is 7.25. The topological polar surface area (TPSA) is 90.1 Å². The molecule has 0 saturated carbocycles. The molecule has 0 fully saturated rings. The van der Waals surface area contributed by atoms with Gasteiger partial charge in [-0.3, -0.25) is 0 Å². The van der Waals surface area contributed by atoms with E-state index in [2.05, 4.69) is 15.3 Å². The third-order valence-corrected chi connectivity index (χ3v) is 4.96. The zero-order valence-electron chi connectivity index (χ0n) is 17.6. The number of aromatic nitrogens is 4. The summed E-state index contributed by atoms with van der Waals surface area (Å²) in [7, 11) is 1.23. The van der Waals surface area contributed by atoms with Crippen LogP contribution in [0.5, 0.6) is 5.88 Å². The SMILES string of the molecule is COc1ncc(-c2cn(-c3c(C)cc(C(F)(C(F)(F)F)C(F)(F)F)cc3C)nn2)cc1C(=O)O. The molecule has 0 bridgehead atoms. The highest BCUT2D eigenvalue weighted by Crippen LogP contribution is 2.53. The number of halogens is 7. The van der Waals surface area contributed by atoms with E-state index in [-0.39, 0.29) is 39.5 Å². The fraction of sp³-hybridized carbons (Fsp3) is 0.300. The van der Waals surface area contributed by atoms with E-state index in [1.54, 1.807) is 0 Å². The van der Waals surface area contributed by atoms with E-state index >= 15 is 0 Å². The van der Waals surface area contributed by atoms with Gasteiger partial charge in [-0.25, -0.2) is 18.9 Å². The highest BCUT2D eigenvalue weighted by Gasteiger charge is 2.73. The first-order valence-electron chi connectivity index (χ1n) is 9.26. The summed E-state index contributed by atoms with van der Waals surface area (Å²) in [5.74, 6) is -1.49. The standard InChI is InChI=1S/C20H15F7N4O3/c1-9-4-12(18(21,19(22,23)24)20(25,26)27)5-10(2)15(9)31-8-14(29-30-31)11-6-13(17(32)33)16(34-3)28-7-11/h4-8H,1-3H3,(H,32,33). The minimum absolute atomic E-state index is 0.0640. The van der Waals surface area contributed by atoms with Gasteiger partial charge in [0, 0.05) is 17.3 Å². The summed E-state index contributed by atoms with van der Waals surface area (Å²) in [6, 6.07) is 2.10. The Hall–Kier alpha value is -3.71. The Labute approximate surface area is 186 Å². The second-order valence-corrected chi connectivity index (χ2v) is 7.25. The van der Waals surface area contributed by atoms with Crippen LogP contribution in [0.1, 0.15) is 27.0 Å². The fourth-order valence-corrected chi connectivity index (χ4v) is 3.42. The normalized spacial score (nSPS) is 12.6. The van der Waals surface area contributed by atoms with Gasteiger partial charge in [0.2, 0.25) is 5.88 Å². The Kier molecular flexibility index (Phi) is 6.05. The van der Waals surface area contributed by atoms with Crippen molar-refractivity contribution in [3.8, 4) is 22.8 Å². The molecule has 14 heteroatoms. The van der Waals surface area contributed by atoms with Crippen molar-refractivity contribution in [3.05, 3.63) is 52.8 Å². The highest BCUT2D eigenvalue weighted by molar-refractivity contribution is 5.91. The van der Waals surface area contributed by atoms with Gasteiger partial charge in [-0.1, -0.05) is 17.3 Å². The average molecular weight is 492 g/mol. The van der Waals surface area contributed by atoms with Crippen molar-refractivity contribution in [2.75, 3.05) is 7.11 Å². The molecule has 0 saturated heterocycles. The Morgan fingerprint density at radius 1 is 1.00 bits per heavy atom. The minimum Gasteiger partial charge on any atom is -0.480 e. The number of hydrogen-bond donors (Lipinski definition) is 1. The molecule has 2 heterocycles. The molecule has 0 aliphatic carbocycles. The van der Waals surface area contributed by atoms with Crippen molar-refractivity contribution in [2.24, 2.45) is 0 Å². The van der Waals surface area contributed by atoms with E-state index in [1.807, 2.05) is 0 Å². The maximum absolute atomic E-state index is 14.5. The van der Waals surface area contributed by atoms with Crippen LogP contribution in [0.15, 0.2) is 30.6 Å². The van der Waals surface area contributed by atoms with Crippen molar-refractivity contribution in [3.63, 3.8) is 0 Å². The Morgan fingerprint density at radius 2 is 1.56 bits per heavy atom. The van der Waals surface area contributed by atoms with Gasteiger partial charge in [0.1, 0.15) is 11.3 Å². The van der Waals surface area contributed by atoms with Gasteiger partial charge in [0.05, 0.1) is 19.0 Å². The number of aromatic carboxylic acids is 1. The van der Waals surface area contributed by atoms with E-state index in [9.17, 15) is 40.6 Å². The molecule has 182 valence electrons. The summed E-state index contributed by atoms with van der Waals surface area (Å²) in [6.07, 6.45) is -9.97. The van der Waals surface area contributed by atoms with Gasteiger partial charge in [0.15, 0.2) is 0 Å². The lowest BCUT2D eigenvalue weighted by Gasteiger charge is -2.31. The summed E-state index contributed by atoms with van der Waals surface area (Å²) in [5.41, 5.74) is -7.36.